The van der Waals surface area contributed by atoms with Crippen LogP contribution in [0, 0.1) is 0 Å². The van der Waals surface area contributed by atoms with Gasteiger partial charge in [-0.1, -0.05) is 0 Å². The number of nitrogens with zero attached hydrogens (tertiary/aromatic N) is 4. The third kappa shape index (κ3) is 3.93. The second-order valence-electron chi connectivity index (χ2n) is 3.72. The molecule has 1 aromatic heterocycles. The lowest BCUT2D eigenvalue weighted by atomic mass is 10.3. The Morgan fingerprint density at radius 1 is 1.37 bits per heavy atom. The smallest absolute Gasteiger partial charge is 0.229 e. The molecule has 5 nitrogen and oxygen atoms in total. The van der Waals surface area contributed by atoms with Gasteiger partial charge in [-0.15, -0.1) is 21.6 Å². The number of rotatable bonds is 5. The minimum Gasteiger partial charge on any atom is -0.378 e. The maximum absolute atomic E-state index is 4.82. The van der Waals surface area contributed by atoms with Gasteiger partial charge < -0.3 is 4.90 Å². The van der Waals surface area contributed by atoms with Crippen molar-refractivity contribution in [3.63, 3.8) is 0 Å². The molecule has 2 aromatic rings. The van der Waals surface area contributed by atoms with Gasteiger partial charge in [-0.3, -0.25) is 0 Å². The van der Waals surface area contributed by atoms with Crippen molar-refractivity contribution in [1.29, 1.82) is 0 Å². The Morgan fingerprint density at radius 2 is 2.21 bits per heavy atom. The van der Waals surface area contributed by atoms with Gasteiger partial charge in [0.1, 0.15) is 5.69 Å². The van der Waals surface area contributed by atoms with Gasteiger partial charge in [-0.25, -0.2) is 8.61 Å². The van der Waals surface area contributed by atoms with Gasteiger partial charge in [0, 0.05) is 43.4 Å². The fourth-order valence-corrected chi connectivity index (χ4v) is 2.47. The van der Waals surface area contributed by atoms with Crippen LogP contribution in [0.2, 0.25) is 0 Å². The average Bonchev–Trinajstić information content (AvgIpc) is 2.90. The van der Waals surface area contributed by atoms with Crippen molar-refractivity contribution in [3.05, 3.63) is 29.8 Å². The van der Waals surface area contributed by atoms with E-state index in [9.17, 15) is 0 Å². The van der Waals surface area contributed by atoms with E-state index in [-0.39, 0.29) is 0 Å². The summed E-state index contributed by atoms with van der Waals surface area (Å²) in [6.07, 6.45) is 1.70. The molecule has 0 bridgehead atoms. The largest absolute Gasteiger partial charge is 0.378 e. The van der Waals surface area contributed by atoms with Gasteiger partial charge >= 0.3 is 0 Å². The summed E-state index contributed by atoms with van der Waals surface area (Å²) in [6.45, 7) is 0. The van der Waals surface area contributed by atoms with Crippen molar-refractivity contribution in [2.75, 3.05) is 19.0 Å². The fourth-order valence-electron chi connectivity index (χ4n) is 1.33. The van der Waals surface area contributed by atoms with E-state index in [2.05, 4.69) is 28.1 Å². The summed E-state index contributed by atoms with van der Waals surface area (Å²) in [4.78, 5) is 6.90. The van der Waals surface area contributed by atoms with E-state index < -0.39 is 0 Å². The Hall–Kier alpha value is -1.09. The molecule has 19 heavy (non-hydrogen) atoms. The summed E-state index contributed by atoms with van der Waals surface area (Å²) < 4.78 is 4.82. The third-order valence-corrected chi connectivity index (χ3v) is 3.71. The van der Waals surface area contributed by atoms with Gasteiger partial charge in [-0.2, -0.15) is 0 Å². The summed E-state index contributed by atoms with van der Waals surface area (Å²) in [5.74, 6) is 0. The molecule has 0 saturated heterocycles. The average molecular weight is 312 g/mol. The van der Waals surface area contributed by atoms with Gasteiger partial charge in [0.15, 0.2) is 0 Å². The number of hydrogen-bond donors (Lipinski definition) is 1. The van der Waals surface area contributed by atoms with E-state index >= 15 is 0 Å². The lowest BCUT2D eigenvalue weighted by Crippen LogP contribution is -2.08. The summed E-state index contributed by atoms with van der Waals surface area (Å²) >= 11 is 6.33. The van der Waals surface area contributed by atoms with E-state index in [0.717, 1.165) is 28.3 Å². The van der Waals surface area contributed by atoms with Crippen LogP contribution in [-0.2, 0) is 3.63 Å². The highest BCUT2D eigenvalue weighted by molar-refractivity contribution is 8.01. The first-order valence-electron chi connectivity index (χ1n) is 5.31. The molecule has 0 fully saturated rings. The molecule has 1 aromatic carbocycles. The third-order valence-electron chi connectivity index (χ3n) is 2.25. The highest BCUT2D eigenvalue weighted by Crippen LogP contribution is 2.35. The SMILES string of the molecule is CN(C)c1ccc(N=Nc2nccs2)c(SOS)c1. The van der Waals surface area contributed by atoms with Crippen molar-refractivity contribution in [2.45, 2.75) is 4.90 Å². The second kappa shape index (κ2) is 6.90. The molecule has 0 amide bonds. The predicted molar refractivity (Wildman–Crippen MR) is 83.0 cm³/mol. The van der Waals surface area contributed by atoms with E-state index in [1.165, 1.54) is 11.3 Å². The summed E-state index contributed by atoms with van der Waals surface area (Å²) in [7, 11) is 3.95. The molecule has 0 atom stereocenters. The van der Waals surface area contributed by atoms with Gasteiger partial charge in [0.2, 0.25) is 5.13 Å². The van der Waals surface area contributed by atoms with E-state index in [4.69, 9.17) is 3.63 Å². The molecule has 2 rings (SSSR count). The van der Waals surface area contributed by atoms with Crippen molar-refractivity contribution >= 4 is 52.8 Å². The van der Waals surface area contributed by atoms with Crippen molar-refractivity contribution < 1.29 is 3.63 Å². The van der Waals surface area contributed by atoms with Crippen LogP contribution in [0.3, 0.4) is 0 Å². The Bertz CT molecular complexity index is 557. The zero-order valence-corrected chi connectivity index (χ0v) is 12.9. The van der Waals surface area contributed by atoms with E-state index in [1.54, 1.807) is 6.20 Å². The maximum atomic E-state index is 4.82. The Balaban J connectivity index is 2.28. The number of anilines is 1. The molecule has 0 radical (unpaired) electrons. The number of hydrogen-bond acceptors (Lipinski definition) is 8. The van der Waals surface area contributed by atoms with Crippen LogP contribution in [0.15, 0.2) is 44.9 Å². The topological polar surface area (TPSA) is 50.1 Å². The molecule has 8 heteroatoms. The van der Waals surface area contributed by atoms with Crippen LogP contribution in [0.4, 0.5) is 16.5 Å². The first-order chi connectivity index (χ1) is 9.20. The van der Waals surface area contributed by atoms with Crippen LogP contribution in [-0.4, -0.2) is 19.1 Å². The van der Waals surface area contributed by atoms with E-state index in [1.807, 2.05) is 42.6 Å². The molecule has 100 valence electrons. The summed E-state index contributed by atoms with van der Waals surface area (Å²) in [6, 6.07) is 5.83. The van der Waals surface area contributed by atoms with Crippen molar-refractivity contribution in [2.24, 2.45) is 10.2 Å². The van der Waals surface area contributed by atoms with Gasteiger partial charge in [0.25, 0.3) is 0 Å². The number of benzene rings is 1. The Morgan fingerprint density at radius 3 is 2.84 bits per heavy atom. The van der Waals surface area contributed by atoms with Crippen LogP contribution < -0.4 is 4.90 Å². The molecular formula is C11H12N4OS3. The Labute approximate surface area is 125 Å². The van der Waals surface area contributed by atoms with Crippen LogP contribution >= 0.6 is 36.3 Å². The highest BCUT2D eigenvalue weighted by atomic mass is 32.2. The fraction of sp³-hybridized carbons (Fsp3) is 0.182. The number of azo groups is 1. The minimum atomic E-state index is 0.624. The van der Waals surface area contributed by atoms with Gasteiger partial charge in [-0.05, 0) is 31.1 Å². The molecule has 0 aliphatic carbocycles. The monoisotopic (exact) mass is 312 g/mol. The normalized spacial score (nSPS) is 11.1. The molecule has 1 heterocycles. The maximum Gasteiger partial charge on any atom is 0.229 e. The van der Waals surface area contributed by atoms with Crippen LogP contribution in [0.25, 0.3) is 0 Å². The minimum absolute atomic E-state index is 0.624. The highest BCUT2D eigenvalue weighted by Gasteiger charge is 2.06. The standard InChI is InChI=1S/C11H12N4OS3/c1-15(2)8-3-4-9(10(7-8)19-16-17)13-14-11-12-5-6-18-11/h3-7,17H,1-2H3. The van der Waals surface area contributed by atoms with E-state index in [0.29, 0.717) is 5.13 Å². The number of aromatic nitrogens is 1. The van der Waals surface area contributed by atoms with Crippen LogP contribution in [0.1, 0.15) is 0 Å². The lowest BCUT2D eigenvalue weighted by molar-refractivity contribution is 0.773. The predicted octanol–water partition coefficient (Wildman–Crippen LogP) is 4.49. The summed E-state index contributed by atoms with van der Waals surface area (Å²) in [5.41, 5.74) is 1.78. The van der Waals surface area contributed by atoms with Crippen molar-refractivity contribution in [1.82, 2.24) is 4.98 Å². The van der Waals surface area contributed by atoms with Crippen molar-refractivity contribution in [3.8, 4) is 0 Å². The molecular weight excluding hydrogens is 300 g/mol. The first kappa shape index (κ1) is 14.3. The summed E-state index contributed by atoms with van der Waals surface area (Å²) in [5, 5.41) is 10.7. The van der Waals surface area contributed by atoms with Gasteiger partial charge in [0.05, 0.1) is 4.90 Å². The molecule has 0 aliphatic heterocycles. The number of thiol groups is 1. The number of thiazole rings is 1. The zero-order chi connectivity index (χ0) is 13.7. The zero-order valence-electron chi connectivity index (χ0n) is 10.3. The molecule has 0 saturated carbocycles. The van der Waals surface area contributed by atoms with Crippen LogP contribution in [0.5, 0.6) is 0 Å². The molecule has 0 spiro atoms. The molecule has 0 N–H and O–H groups in total. The molecule has 0 unspecified atom stereocenters. The first-order valence-corrected chi connectivity index (χ1v) is 7.30. The molecule has 0 aliphatic rings. The lowest BCUT2D eigenvalue weighted by Gasteiger charge is -2.13. The Kier molecular flexibility index (Phi) is 5.20. The second-order valence-corrected chi connectivity index (χ2v) is 5.79. The quantitative estimate of drug-likeness (QED) is 0.502.